The maximum Gasteiger partial charge on any atom is 0.0267 e. The van der Waals surface area contributed by atoms with Crippen molar-refractivity contribution in [1.29, 1.82) is 0 Å². The quantitative estimate of drug-likeness (QED) is 0.428. The van der Waals surface area contributed by atoms with Gasteiger partial charge in [-0.15, -0.1) is 11.3 Å². The third-order valence-electron chi connectivity index (χ3n) is 3.05. The number of unbranched alkanes of at least 4 members (excludes halogenated alkanes) is 8. The van der Waals surface area contributed by atoms with Crippen LogP contribution in [-0.4, -0.2) is 0 Å². The summed E-state index contributed by atoms with van der Waals surface area (Å²) < 4.78 is 0. The lowest BCUT2D eigenvalue weighted by Crippen LogP contribution is -1.79. The SMILES string of the molecule is CCCCCCCCCCC=Cc1cccs1. The van der Waals surface area contributed by atoms with Crippen molar-refractivity contribution in [1.82, 2.24) is 0 Å². The zero-order valence-electron chi connectivity index (χ0n) is 11.2. The van der Waals surface area contributed by atoms with Crippen LogP contribution in [0.25, 0.3) is 6.08 Å². The Kier molecular flexibility index (Phi) is 9.03. The van der Waals surface area contributed by atoms with Crippen LogP contribution >= 0.6 is 11.3 Å². The summed E-state index contributed by atoms with van der Waals surface area (Å²) in [6.07, 6.45) is 17.1. The van der Waals surface area contributed by atoms with Crippen molar-refractivity contribution in [3.8, 4) is 0 Å². The fourth-order valence-corrected chi connectivity index (χ4v) is 2.63. The second kappa shape index (κ2) is 10.6. The first kappa shape index (κ1) is 14.5. The van der Waals surface area contributed by atoms with Crippen molar-refractivity contribution in [2.75, 3.05) is 0 Å². The molecular formula is C16H26S. The molecule has 0 aromatic carbocycles. The van der Waals surface area contributed by atoms with Gasteiger partial charge in [-0.1, -0.05) is 64.0 Å². The highest BCUT2D eigenvalue weighted by molar-refractivity contribution is 7.10. The number of allylic oxidation sites excluding steroid dienone is 1. The van der Waals surface area contributed by atoms with E-state index in [2.05, 4.69) is 36.6 Å². The Balaban J connectivity index is 1.84. The van der Waals surface area contributed by atoms with Crippen molar-refractivity contribution in [2.24, 2.45) is 0 Å². The summed E-state index contributed by atoms with van der Waals surface area (Å²) in [5.74, 6) is 0. The molecule has 1 heterocycles. The molecule has 0 aliphatic carbocycles. The molecule has 0 spiro atoms. The standard InChI is InChI=1S/C16H26S/c1-2-3-4-5-6-7-8-9-10-11-13-16-14-12-15-17-16/h11-15H,2-10H2,1H3. The van der Waals surface area contributed by atoms with E-state index in [-0.39, 0.29) is 0 Å². The van der Waals surface area contributed by atoms with Crippen LogP contribution in [0.5, 0.6) is 0 Å². The van der Waals surface area contributed by atoms with E-state index in [1.807, 2.05) is 11.3 Å². The molecule has 0 saturated heterocycles. The molecule has 0 aliphatic heterocycles. The van der Waals surface area contributed by atoms with Crippen LogP contribution in [0.1, 0.15) is 69.6 Å². The highest BCUT2D eigenvalue weighted by Gasteiger charge is 1.90. The lowest BCUT2D eigenvalue weighted by atomic mass is 10.1. The molecule has 1 aromatic rings. The van der Waals surface area contributed by atoms with Gasteiger partial charge in [-0.2, -0.15) is 0 Å². The Morgan fingerprint density at radius 2 is 1.71 bits per heavy atom. The molecule has 0 atom stereocenters. The number of hydrogen-bond acceptors (Lipinski definition) is 1. The van der Waals surface area contributed by atoms with E-state index in [1.54, 1.807) is 0 Å². The maximum atomic E-state index is 2.32. The third-order valence-corrected chi connectivity index (χ3v) is 3.89. The Morgan fingerprint density at radius 3 is 2.35 bits per heavy atom. The predicted molar refractivity (Wildman–Crippen MR) is 80.6 cm³/mol. The molecule has 1 rings (SSSR count). The molecule has 0 aliphatic rings. The molecule has 1 heteroatoms. The lowest BCUT2D eigenvalue weighted by Gasteiger charge is -1.99. The van der Waals surface area contributed by atoms with Gasteiger partial charge < -0.3 is 0 Å². The minimum atomic E-state index is 1.24. The van der Waals surface area contributed by atoms with Crippen LogP contribution in [0.3, 0.4) is 0 Å². The molecule has 96 valence electrons. The average Bonchev–Trinajstić information content (AvgIpc) is 2.85. The Labute approximate surface area is 111 Å². The molecule has 0 radical (unpaired) electrons. The van der Waals surface area contributed by atoms with Crippen LogP contribution in [-0.2, 0) is 0 Å². The van der Waals surface area contributed by atoms with Crippen LogP contribution in [0.4, 0.5) is 0 Å². The fraction of sp³-hybridized carbons (Fsp3) is 0.625. The minimum absolute atomic E-state index is 1.24. The summed E-state index contributed by atoms with van der Waals surface area (Å²) in [5, 5.41) is 2.13. The van der Waals surface area contributed by atoms with Gasteiger partial charge in [-0.05, 0) is 30.4 Å². The van der Waals surface area contributed by atoms with E-state index in [9.17, 15) is 0 Å². The molecule has 0 N–H and O–H groups in total. The topological polar surface area (TPSA) is 0 Å². The average molecular weight is 250 g/mol. The molecule has 0 amide bonds. The molecule has 0 nitrogen and oxygen atoms in total. The van der Waals surface area contributed by atoms with Crippen molar-refractivity contribution >= 4 is 17.4 Å². The monoisotopic (exact) mass is 250 g/mol. The Morgan fingerprint density at radius 1 is 1.00 bits per heavy atom. The van der Waals surface area contributed by atoms with Gasteiger partial charge >= 0.3 is 0 Å². The van der Waals surface area contributed by atoms with Gasteiger partial charge in [-0.3, -0.25) is 0 Å². The molecule has 0 saturated carbocycles. The fourth-order valence-electron chi connectivity index (χ4n) is 1.98. The van der Waals surface area contributed by atoms with Crippen molar-refractivity contribution in [2.45, 2.75) is 64.7 Å². The first-order chi connectivity index (χ1) is 8.43. The van der Waals surface area contributed by atoms with Gasteiger partial charge in [-0.25, -0.2) is 0 Å². The minimum Gasteiger partial charge on any atom is -0.144 e. The van der Waals surface area contributed by atoms with E-state index < -0.39 is 0 Å². The van der Waals surface area contributed by atoms with E-state index >= 15 is 0 Å². The summed E-state index contributed by atoms with van der Waals surface area (Å²) in [4.78, 5) is 1.38. The first-order valence-corrected chi connectivity index (χ1v) is 8.01. The van der Waals surface area contributed by atoms with Gasteiger partial charge in [0.25, 0.3) is 0 Å². The normalized spacial score (nSPS) is 11.4. The van der Waals surface area contributed by atoms with E-state index in [0.717, 1.165) is 0 Å². The molecule has 0 unspecified atom stereocenters. The Hall–Kier alpha value is -0.560. The van der Waals surface area contributed by atoms with Crippen molar-refractivity contribution < 1.29 is 0 Å². The van der Waals surface area contributed by atoms with E-state index in [1.165, 1.54) is 62.7 Å². The van der Waals surface area contributed by atoms with Crippen LogP contribution in [0, 0.1) is 0 Å². The summed E-state index contributed by atoms with van der Waals surface area (Å²) in [5.41, 5.74) is 0. The van der Waals surface area contributed by atoms with Crippen molar-refractivity contribution in [3.05, 3.63) is 28.5 Å². The zero-order chi connectivity index (χ0) is 12.2. The van der Waals surface area contributed by atoms with E-state index in [4.69, 9.17) is 0 Å². The van der Waals surface area contributed by atoms with Gasteiger partial charge in [0.15, 0.2) is 0 Å². The van der Waals surface area contributed by atoms with Crippen LogP contribution in [0.15, 0.2) is 23.6 Å². The zero-order valence-corrected chi connectivity index (χ0v) is 12.0. The van der Waals surface area contributed by atoms with Crippen molar-refractivity contribution in [3.63, 3.8) is 0 Å². The smallest absolute Gasteiger partial charge is 0.0267 e. The van der Waals surface area contributed by atoms with Crippen LogP contribution in [0.2, 0.25) is 0 Å². The molecule has 0 bridgehead atoms. The third kappa shape index (κ3) is 8.20. The van der Waals surface area contributed by atoms with E-state index in [0.29, 0.717) is 0 Å². The predicted octanol–water partition coefficient (Wildman–Crippen LogP) is 6.29. The Bertz CT molecular complexity index is 272. The number of thiophene rings is 1. The summed E-state index contributed by atoms with van der Waals surface area (Å²) in [6, 6.07) is 4.29. The summed E-state index contributed by atoms with van der Waals surface area (Å²) in [6.45, 7) is 2.28. The largest absolute Gasteiger partial charge is 0.144 e. The van der Waals surface area contributed by atoms with Gasteiger partial charge in [0.1, 0.15) is 0 Å². The van der Waals surface area contributed by atoms with Gasteiger partial charge in [0, 0.05) is 4.88 Å². The number of rotatable bonds is 10. The highest BCUT2D eigenvalue weighted by Crippen LogP contribution is 2.13. The van der Waals surface area contributed by atoms with Crippen LogP contribution < -0.4 is 0 Å². The summed E-state index contributed by atoms with van der Waals surface area (Å²) >= 11 is 1.82. The summed E-state index contributed by atoms with van der Waals surface area (Å²) in [7, 11) is 0. The van der Waals surface area contributed by atoms with Gasteiger partial charge in [0.2, 0.25) is 0 Å². The number of hydrogen-bond donors (Lipinski definition) is 0. The maximum absolute atomic E-state index is 2.32. The lowest BCUT2D eigenvalue weighted by molar-refractivity contribution is 0.578. The second-order valence-electron chi connectivity index (χ2n) is 4.68. The highest BCUT2D eigenvalue weighted by atomic mass is 32.1. The molecule has 17 heavy (non-hydrogen) atoms. The molecule has 0 fully saturated rings. The van der Waals surface area contributed by atoms with Gasteiger partial charge in [0.05, 0.1) is 0 Å². The molecular weight excluding hydrogens is 224 g/mol. The first-order valence-electron chi connectivity index (χ1n) is 7.13. The molecule has 1 aromatic heterocycles. The second-order valence-corrected chi connectivity index (χ2v) is 5.66.